The van der Waals surface area contributed by atoms with E-state index in [9.17, 15) is 10.1 Å². The summed E-state index contributed by atoms with van der Waals surface area (Å²) in [5.41, 5.74) is 1.04. The maximum absolute atomic E-state index is 11.3. The van der Waals surface area contributed by atoms with Crippen LogP contribution >= 0.6 is 11.8 Å². The lowest BCUT2D eigenvalue weighted by atomic mass is 9.98. The second kappa shape index (κ2) is 9.52. The fraction of sp³-hybridized carbons (Fsp3) is 0.444. The molecule has 0 bridgehead atoms. The second-order valence-corrected chi connectivity index (χ2v) is 7.27. The van der Waals surface area contributed by atoms with Crippen LogP contribution in [0.15, 0.2) is 35.4 Å². The number of anilines is 2. The van der Waals surface area contributed by atoms with Gasteiger partial charge in [-0.05, 0) is 49.7 Å². The van der Waals surface area contributed by atoms with Crippen molar-refractivity contribution in [3.63, 3.8) is 0 Å². The van der Waals surface area contributed by atoms with E-state index >= 15 is 0 Å². The Morgan fingerprint density at radius 1 is 1.30 bits per heavy atom. The quantitative estimate of drug-likeness (QED) is 0.360. The normalized spacial score (nSPS) is 14.7. The van der Waals surface area contributed by atoms with Crippen molar-refractivity contribution < 1.29 is 4.92 Å². The number of hydrogen-bond donors (Lipinski definition) is 3. The van der Waals surface area contributed by atoms with Gasteiger partial charge in [-0.2, -0.15) is 4.98 Å². The number of piperidine rings is 1. The van der Waals surface area contributed by atoms with Crippen molar-refractivity contribution in [1.82, 2.24) is 15.3 Å². The van der Waals surface area contributed by atoms with Crippen molar-refractivity contribution in [3.8, 4) is 0 Å². The molecule has 9 heteroatoms. The van der Waals surface area contributed by atoms with Crippen LogP contribution in [0, 0.1) is 16.0 Å². The van der Waals surface area contributed by atoms with Gasteiger partial charge in [0.25, 0.3) is 0 Å². The number of nitrogens with zero attached hydrogens (tertiary/aromatic N) is 3. The largest absolute Gasteiger partial charge is 0.364 e. The number of nitro groups is 1. The molecule has 0 saturated carbocycles. The lowest BCUT2D eigenvalue weighted by Crippen LogP contribution is -2.31. The number of aromatic nitrogens is 2. The van der Waals surface area contributed by atoms with Crippen LogP contribution in [0.2, 0.25) is 0 Å². The van der Waals surface area contributed by atoms with Crippen LogP contribution in [0.3, 0.4) is 0 Å². The van der Waals surface area contributed by atoms with Crippen molar-refractivity contribution in [2.24, 2.45) is 5.92 Å². The van der Waals surface area contributed by atoms with Crippen LogP contribution in [0.5, 0.6) is 0 Å². The molecule has 1 aromatic carbocycles. The molecule has 3 rings (SSSR count). The van der Waals surface area contributed by atoms with Gasteiger partial charge in [0.15, 0.2) is 0 Å². The Bertz CT molecular complexity index is 782. The predicted molar refractivity (Wildman–Crippen MR) is 108 cm³/mol. The van der Waals surface area contributed by atoms with Crippen molar-refractivity contribution in [2.45, 2.75) is 24.3 Å². The average molecular weight is 388 g/mol. The Morgan fingerprint density at radius 3 is 2.81 bits per heavy atom. The van der Waals surface area contributed by atoms with Crippen molar-refractivity contribution >= 4 is 29.2 Å². The molecule has 1 aliphatic rings. The molecule has 0 atom stereocenters. The van der Waals surface area contributed by atoms with Gasteiger partial charge in [0.05, 0.1) is 4.92 Å². The van der Waals surface area contributed by atoms with Gasteiger partial charge in [0, 0.05) is 18.0 Å². The molecule has 1 aromatic heterocycles. The fourth-order valence-corrected chi connectivity index (χ4v) is 3.69. The third-order valence-electron chi connectivity index (χ3n) is 4.61. The first-order chi connectivity index (χ1) is 13.2. The van der Waals surface area contributed by atoms with Crippen molar-refractivity contribution in [1.29, 1.82) is 0 Å². The Morgan fingerprint density at radius 2 is 2.07 bits per heavy atom. The Balaban J connectivity index is 1.69. The number of nitrogens with one attached hydrogen (secondary N) is 3. The summed E-state index contributed by atoms with van der Waals surface area (Å²) in [6.07, 6.45) is 5.41. The molecule has 3 N–H and O–H groups in total. The van der Waals surface area contributed by atoms with E-state index in [2.05, 4.69) is 32.0 Å². The average Bonchev–Trinajstić information content (AvgIpc) is 2.71. The van der Waals surface area contributed by atoms with Gasteiger partial charge in [0.2, 0.25) is 11.8 Å². The second-order valence-electron chi connectivity index (χ2n) is 6.42. The third-order valence-corrected chi connectivity index (χ3v) is 5.45. The summed E-state index contributed by atoms with van der Waals surface area (Å²) >= 11 is 1.68. The zero-order valence-electron chi connectivity index (χ0n) is 15.3. The molecule has 27 heavy (non-hydrogen) atoms. The Labute approximate surface area is 162 Å². The van der Waals surface area contributed by atoms with Gasteiger partial charge >= 0.3 is 5.69 Å². The van der Waals surface area contributed by atoms with Crippen LogP contribution in [0.1, 0.15) is 18.4 Å². The van der Waals surface area contributed by atoms with Gasteiger partial charge in [0.1, 0.15) is 6.20 Å². The molecule has 0 unspecified atom stereocenters. The molecule has 0 radical (unpaired) electrons. The highest BCUT2D eigenvalue weighted by Crippen LogP contribution is 2.24. The zero-order valence-corrected chi connectivity index (χ0v) is 16.1. The monoisotopic (exact) mass is 388 g/mol. The number of rotatable bonds is 8. The lowest BCUT2D eigenvalue weighted by molar-refractivity contribution is -0.384. The standard InChI is InChI=1S/C18H24N6O2S/c1-27-16-5-3-2-4-14(16)11-21-18-22-12-15(24(25)26)17(23-18)20-10-13-6-8-19-9-7-13/h2-5,12-13,19H,6-11H2,1H3,(H2,20,21,22,23). The van der Waals surface area contributed by atoms with E-state index in [-0.39, 0.29) is 11.5 Å². The first-order valence-electron chi connectivity index (χ1n) is 8.99. The molecule has 1 aliphatic heterocycles. The number of thioether (sulfide) groups is 1. The smallest absolute Gasteiger partial charge is 0.329 e. The van der Waals surface area contributed by atoms with Crippen molar-refractivity contribution in [2.75, 3.05) is 36.5 Å². The zero-order chi connectivity index (χ0) is 19.1. The van der Waals surface area contributed by atoms with Crippen LogP contribution in [0.4, 0.5) is 17.5 Å². The van der Waals surface area contributed by atoms with Crippen LogP contribution in [-0.4, -0.2) is 40.8 Å². The first-order valence-corrected chi connectivity index (χ1v) is 10.2. The minimum Gasteiger partial charge on any atom is -0.364 e. The van der Waals surface area contributed by atoms with E-state index in [0.29, 0.717) is 25.0 Å². The number of hydrogen-bond acceptors (Lipinski definition) is 8. The van der Waals surface area contributed by atoms with E-state index in [1.165, 1.54) is 11.1 Å². The summed E-state index contributed by atoms with van der Waals surface area (Å²) in [5.74, 6) is 1.14. The van der Waals surface area contributed by atoms with E-state index in [4.69, 9.17) is 0 Å². The lowest BCUT2D eigenvalue weighted by Gasteiger charge is -2.22. The Kier molecular flexibility index (Phi) is 6.83. The highest BCUT2D eigenvalue weighted by atomic mass is 32.2. The van der Waals surface area contributed by atoms with Gasteiger partial charge in [-0.15, -0.1) is 11.8 Å². The molecule has 2 aromatic rings. The first kappa shape index (κ1) is 19.4. The molecule has 2 heterocycles. The van der Waals surface area contributed by atoms with E-state index in [0.717, 1.165) is 31.5 Å². The molecule has 1 saturated heterocycles. The summed E-state index contributed by atoms with van der Waals surface area (Å²) in [6, 6.07) is 8.09. The van der Waals surface area contributed by atoms with E-state index < -0.39 is 4.92 Å². The Hall–Kier alpha value is -2.39. The van der Waals surface area contributed by atoms with Crippen LogP contribution in [-0.2, 0) is 6.54 Å². The van der Waals surface area contributed by atoms with Gasteiger partial charge in [-0.3, -0.25) is 10.1 Å². The molecular formula is C18H24N6O2S. The summed E-state index contributed by atoms with van der Waals surface area (Å²) in [7, 11) is 0. The highest BCUT2D eigenvalue weighted by molar-refractivity contribution is 7.98. The van der Waals surface area contributed by atoms with Gasteiger partial charge < -0.3 is 16.0 Å². The fourth-order valence-electron chi connectivity index (χ4n) is 3.07. The molecule has 0 amide bonds. The van der Waals surface area contributed by atoms with Crippen LogP contribution in [0.25, 0.3) is 0 Å². The molecule has 144 valence electrons. The molecular weight excluding hydrogens is 364 g/mol. The molecule has 1 fully saturated rings. The highest BCUT2D eigenvalue weighted by Gasteiger charge is 2.19. The maximum atomic E-state index is 11.3. The summed E-state index contributed by atoms with van der Waals surface area (Å²) in [4.78, 5) is 20.5. The van der Waals surface area contributed by atoms with Crippen LogP contribution < -0.4 is 16.0 Å². The molecule has 0 aliphatic carbocycles. The van der Waals surface area contributed by atoms with E-state index in [1.54, 1.807) is 11.8 Å². The summed E-state index contributed by atoms with van der Waals surface area (Å²) in [5, 5.41) is 21.0. The topological polar surface area (TPSA) is 105 Å². The maximum Gasteiger partial charge on any atom is 0.329 e. The minimum absolute atomic E-state index is 0.0981. The molecule has 0 spiro atoms. The SMILES string of the molecule is CSc1ccccc1CNc1ncc([N+](=O)[O-])c(NCC2CCNCC2)n1. The number of benzene rings is 1. The van der Waals surface area contributed by atoms with Crippen molar-refractivity contribution in [3.05, 3.63) is 46.1 Å². The summed E-state index contributed by atoms with van der Waals surface area (Å²) in [6.45, 7) is 3.20. The van der Waals surface area contributed by atoms with E-state index in [1.807, 2.05) is 24.5 Å². The minimum atomic E-state index is -0.447. The molecule has 8 nitrogen and oxygen atoms in total. The van der Waals surface area contributed by atoms with Gasteiger partial charge in [-0.1, -0.05) is 18.2 Å². The predicted octanol–water partition coefficient (Wildman–Crippen LogP) is 3.13. The summed E-state index contributed by atoms with van der Waals surface area (Å²) < 4.78 is 0. The van der Waals surface area contributed by atoms with Gasteiger partial charge in [-0.25, -0.2) is 4.98 Å². The third kappa shape index (κ3) is 5.30.